The molecule has 1 fully saturated rings. The molecule has 4 rings (SSSR count). The monoisotopic (exact) mass is 461 g/mol. The van der Waals surface area contributed by atoms with Gasteiger partial charge in [0.15, 0.2) is 18.2 Å². The molecule has 0 aliphatic carbocycles. The highest BCUT2D eigenvalue weighted by Gasteiger charge is 2.22. The number of hydrogen-bond donors (Lipinski definition) is 2. The molecule has 0 spiro atoms. The van der Waals surface area contributed by atoms with Crippen molar-refractivity contribution in [3.8, 4) is 11.8 Å². The summed E-state index contributed by atoms with van der Waals surface area (Å²) in [7, 11) is 2.03. The Morgan fingerprint density at radius 1 is 1.12 bits per heavy atom. The molecule has 0 unspecified atom stereocenters. The maximum absolute atomic E-state index is 14.4. The summed E-state index contributed by atoms with van der Waals surface area (Å²) in [6.45, 7) is 2.91. The lowest BCUT2D eigenvalue weighted by Gasteiger charge is -2.32. The van der Waals surface area contributed by atoms with Gasteiger partial charge in [-0.15, -0.1) is 0 Å². The number of anilines is 4. The van der Waals surface area contributed by atoms with Crippen LogP contribution in [0.3, 0.4) is 0 Å². The van der Waals surface area contributed by atoms with Gasteiger partial charge >= 0.3 is 0 Å². The van der Waals surface area contributed by atoms with E-state index in [0.29, 0.717) is 35.8 Å². The highest BCUT2D eigenvalue weighted by Crippen LogP contribution is 2.24. The molecule has 9 nitrogen and oxygen atoms in total. The molecule has 2 heterocycles. The smallest absolute Gasteiger partial charge is 0.256 e. The number of nitrogens with one attached hydrogen (secondary N) is 2. The van der Waals surface area contributed by atoms with Gasteiger partial charge in [-0.05, 0) is 43.4 Å². The minimum absolute atomic E-state index is 0.0222. The van der Waals surface area contributed by atoms with Crippen LogP contribution in [-0.2, 0) is 0 Å². The molecular weight excluding hydrogens is 437 g/mol. The number of aromatic nitrogens is 2. The second-order valence-electron chi connectivity index (χ2n) is 7.75. The lowest BCUT2D eigenvalue weighted by atomic mass is 10.1. The largest absolute Gasteiger partial charge is 0.479 e. The Balaban J connectivity index is 1.50. The van der Waals surface area contributed by atoms with Gasteiger partial charge < -0.3 is 25.2 Å². The number of ether oxygens (including phenoxy) is 1. The number of nitrogens with zero attached hydrogens (tertiary/aromatic N) is 5. The molecule has 34 heavy (non-hydrogen) atoms. The fourth-order valence-corrected chi connectivity index (χ4v) is 3.48. The number of carbonyl (C=O) groups excluding carboxylic acids is 1. The van der Waals surface area contributed by atoms with Crippen molar-refractivity contribution in [1.29, 1.82) is 5.26 Å². The number of piperazine rings is 1. The summed E-state index contributed by atoms with van der Waals surface area (Å²) in [5.74, 6) is -0.0469. The standard InChI is InChI=1S/C24H24FN7O2/c1-31-11-13-32(14-12-31)23(33)19-4-2-3-5-21(19)29-24-27-16-20(25)22(30-24)28-17-6-8-18(9-7-17)34-15-10-26/h2-9,16H,11-15H2,1H3,(H2,27,28,29,30). The minimum atomic E-state index is -0.628. The van der Waals surface area contributed by atoms with Crippen molar-refractivity contribution in [2.75, 3.05) is 50.5 Å². The number of carbonyl (C=O) groups is 1. The van der Waals surface area contributed by atoms with Crippen LogP contribution in [-0.4, -0.2) is 65.5 Å². The Morgan fingerprint density at radius 3 is 2.59 bits per heavy atom. The van der Waals surface area contributed by atoms with Crippen LogP contribution >= 0.6 is 0 Å². The Labute approximate surface area is 196 Å². The lowest BCUT2D eigenvalue weighted by Crippen LogP contribution is -2.47. The number of nitriles is 1. The molecular formula is C24H24FN7O2. The van der Waals surface area contributed by atoms with E-state index in [9.17, 15) is 9.18 Å². The Morgan fingerprint density at radius 2 is 1.85 bits per heavy atom. The van der Waals surface area contributed by atoms with Crippen molar-refractivity contribution < 1.29 is 13.9 Å². The van der Waals surface area contributed by atoms with Gasteiger partial charge in [-0.2, -0.15) is 10.2 Å². The van der Waals surface area contributed by atoms with E-state index in [1.54, 1.807) is 42.5 Å². The lowest BCUT2D eigenvalue weighted by molar-refractivity contribution is 0.0665. The molecule has 10 heteroatoms. The van der Waals surface area contributed by atoms with Crippen LogP contribution < -0.4 is 15.4 Å². The van der Waals surface area contributed by atoms with E-state index in [0.717, 1.165) is 19.3 Å². The second kappa shape index (κ2) is 10.6. The number of hydrogen-bond acceptors (Lipinski definition) is 8. The predicted molar refractivity (Wildman–Crippen MR) is 126 cm³/mol. The van der Waals surface area contributed by atoms with E-state index in [1.165, 1.54) is 0 Å². The molecule has 1 amide bonds. The van der Waals surface area contributed by atoms with Gasteiger partial charge in [-0.1, -0.05) is 12.1 Å². The molecule has 1 aliphatic heterocycles. The number of halogens is 1. The fraction of sp³-hybridized carbons (Fsp3) is 0.250. The SMILES string of the molecule is CN1CCN(C(=O)c2ccccc2Nc2ncc(F)c(Nc3ccc(OCC#N)cc3)n2)CC1. The van der Waals surface area contributed by atoms with Crippen molar-refractivity contribution in [3.05, 3.63) is 66.1 Å². The molecule has 0 atom stereocenters. The van der Waals surface area contributed by atoms with E-state index < -0.39 is 5.82 Å². The Hall–Kier alpha value is -4.23. The minimum Gasteiger partial charge on any atom is -0.479 e. The number of rotatable bonds is 7. The predicted octanol–water partition coefficient (Wildman–Crippen LogP) is 3.39. The fourth-order valence-electron chi connectivity index (χ4n) is 3.48. The van der Waals surface area contributed by atoms with E-state index in [2.05, 4.69) is 25.5 Å². The van der Waals surface area contributed by atoms with Crippen molar-refractivity contribution in [2.24, 2.45) is 0 Å². The first-order valence-electron chi connectivity index (χ1n) is 10.8. The summed E-state index contributed by atoms with van der Waals surface area (Å²) in [4.78, 5) is 25.4. The van der Waals surface area contributed by atoms with Crippen molar-refractivity contribution in [3.63, 3.8) is 0 Å². The molecule has 3 aromatic rings. The van der Waals surface area contributed by atoms with Crippen LogP contribution in [0.5, 0.6) is 5.75 Å². The molecule has 174 valence electrons. The van der Waals surface area contributed by atoms with Gasteiger partial charge in [-0.25, -0.2) is 9.37 Å². The molecule has 1 saturated heterocycles. The van der Waals surface area contributed by atoms with E-state index >= 15 is 0 Å². The van der Waals surface area contributed by atoms with Gasteiger partial charge in [-0.3, -0.25) is 4.79 Å². The normalized spacial score (nSPS) is 13.7. The molecule has 2 aromatic carbocycles. The Kier molecular flexibility index (Phi) is 7.15. The third-order valence-electron chi connectivity index (χ3n) is 5.36. The van der Waals surface area contributed by atoms with Crippen molar-refractivity contribution in [1.82, 2.24) is 19.8 Å². The second-order valence-corrected chi connectivity index (χ2v) is 7.75. The topological polar surface area (TPSA) is 106 Å². The van der Waals surface area contributed by atoms with Gasteiger partial charge in [0.2, 0.25) is 5.95 Å². The molecule has 0 saturated carbocycles. The molecule has 0 bridgehead atoms. The summed E-state index contributed by atoms with van der Waals surface area (Å²) < 4.78 is 19.6. The molecule has 1 aromatic heterocycles. The van der Waals surface area contributed by atoms with E-state index in [4.69, 9.17) is 10.00 Å². The molecule has 2 N–H and O–H groups in total. The van der Waals surface area contributed by atoms with Crippen LogP contribution in [0.15, 0.2) is 54.7 Å². The average Bonchev–Trinajstić information content (AvgIpc) is 2.86. The van der Waals surface area contributed by atoms with Gasteiger partial charge in [0, 0.05) is 31.9 Å². The number of benzene rings is 2. The Bertz CT molecular complexity index is 1190. The van der Waals surface area contributed by atoms with Crippen LogP contribution in [0, 0.1) is 17.1 Å². The maximum atomic E-state index is 14.4. The van der Waals surface area contributed by atoms with Gasteiger partial charge in [0.1, 0.15) is 11.8 Å². The zero-order valence-electron chi connectivity index (χ0n) is 18.7. The number of likely N-dealkylation sites (N-methyl/N-ethyl adjacent to an activating group) is 1. The number of amides is 1. The van der Waals surface area contributed by atoms with Gasteiger partial charge in [0.25, 0.3) is 5.91 Å². The quantitative estimate of drug-likeness (QED) is 0.552. The van der Waals surface area contributed by atoms with Crippen LogP contribution in [0.1, 0.15) is 10.4 Å². The highest BCUT2D eigenvalue weighted by atomic mass is 19.1. The summed E-state index contributed by atoms with van der Waals surface area (Å²) in [5.41, 5.74) is 1.63. The molecule has 0 radical (unpaired) electrons. The van der Waals surface area contributed by atoms with Crippen LogP contribution in [0.25, 0.3) is 0 Å². The highest BCUT2D eigenvalue weighted by molar-refractivity contribution is 6.00. The third-order valence-corrected chi connectivity index (χ3v) is 5.36. The van der Waals surface area contributed by atoms with Gasteiger partial charge in [0.05, 0.1) is 17.4 Å². The summed E-state index contributed by atoms with van der Waals surface area (Å²) in [5, 5.41) is 14.5. The first-order chi connectivity index (χ1) is 16.5. The first-order valence-corrected chi connectivity index (χ1v) is 10.8. The van der Waals surface area contributed by atoms with Crippen LogP contribution in [0.4, 0.5) is 27.5 Å². The summed E-state index contributed by atoms with van der Waals surface area (Å²) in [6, 6.07) is 15.7. The maximum Gasteiger partial charge on any atom is 0.256 e. The van der Waals surface area contributed by atoms with E-state index in [1.807, 2.05) is 24.1 Å². The van der Waals surface area contributed by atoms with Crippen molar-refractivity contribution >= 4 is 29.0 Å². The zero-order valence-corrected chi connectivity index (χ0v) is 18.7. The number of para-hydroxylation sites is 1. The van der Waals surface area contributed by atoms with Crippen molar-refractivity contribution in [2.45, 2.75) is 0 Å². The van der Waals surface area contributed by atoms with Crippen LogP contribution in [0.2, 0.25) is 0 Å². The summed E-state index contributed by atoms with van der Waals surface area (Å²) >= 11 is 0. The zero-order chi connectivity index (χ0) is 23.9. The molecule has 1 aliphatic rings. The summed E-state index contributed by atoms with van der Waals surface area (Å²) in [6.07, 6.45) is 1.06. The first kappa shape index (κ1) is 22.9. The third kappa shape index (κ3) is 5.57. The average molecular weight is 462 g/mol. The van der Waals surface area contributed by atoms with E-state index in [-0.39, 0.29) is 24.3 Å².